The molecule has 0 amide bonds. The first-order chi connectivity index (χ1) is 15.8. The number of aliphatic carboxylic acids is 1. The molecule has 35 heavy (non-hydrogen) atoms. The highest BCUT2D eigenvalue weighted by Crippen LogP contribution is 2.49. The first-order valence-corrected chi connectivity index (χ1v) is 11.4. The van der Waals surface area contributed by atoms with Crippen molar-refractivity contribution in [1.82, 2.24) is 4.90 Å². The smallest absolute Gasteiger partial charge is 0.416 e. The first kappa shape index (κ1) is 29.3. The van der Waals surface area contributed by atoms with Crippen molar-refractivity contribution in [1.29, 1.82) is 0 Å². The topological polar surface area (TPSA) is 40.5 Å². The zero-order valence-corrected chi connectivity index (χ0v) is 19.8. The molecule has 1 saturated heterocycles. The van der Waals surface area contributed by atoms with Crippen molar-refractivity contribution in [2.75, 3.05) is 6.54 Å². The fraction of sp³-hybridized carbons (Fsp3) is 0.708. The molecular weight excluding hydrogens is 486 g/mol. The number of carboxylic acids is 1. The maximum Gasteiger partial charge on any atom is 0.416 e. The summed E-state index contributed by atoms with van der Waals surface area (Å²) in [7, 11) is 0. The van der Waals surface area contributed by atoms with Gasteiger partial charge in [-0.2, -0.15) is 26.3 Å². The minimum absolute atomic E-state index is 0.0244. The third-order valence-electron chi connectivity index (χ3n) is 6.42. The molecule has 0 spiro atoms. The van der Waals surface area contributed by atoms with Crippen LogP contribution in [0.1, 0.15) is 76.5 Å². The molecular formula is C24H31F8NO2. The Morgan fingerprint density at radius 2 is 1.57 bits per heavy atom. The Kier molecular flexibility index (Phi) is 8.88. The number of rotatable bonds is 8. The Morgan fingerprint density at radius 3 is 2.03 bits per heavy atom. The molecule has 3 atom stereocenters. The Labute approximate surface area is 199 Å². The normalized spacial score (nSPS) is 22.7. The third kappa shape index (κ3) is 8.61. The number of benzene rings is 1. The van der Waals surface area contributed by atoms with E-state index in [0.29, 0.717) is 6.42 Å². The van der Waals surface area contributed by atoms with Crippen LogP contribution in [-0.2, 0) is 11.0 Å². The van der Waals surface area contributed by atoms with Crippen LogP contribution in [0.15, 0.2) is 24.3 Å². The Balaban J connectivity index is 2.54. The number of piperidine rings is 1. The standard InChI is InChI=1S/C24H31F8NO2/c1-21(2,3)10-8-17(9-11-23(27,28)29)33-13-12-22(25,26)18(14-19(34)35)20(33)15-4-6-16(7-5-15)24(30,31)32/h4-7,17-18,20H,8-14H2,1-3H3,(H,34,35). The van der Waals surface area contributed by atoms with Crippen LogP contribution in [0.2, 0.25) is 0 Å². The van der Waals surface area contributed by atoms with Crippen LogP contribution < -0.4 is 0 Å². The summed E-state index contributed by atoms with van der Waals surface area (Å²) in [4.78, 5) is 12.9. The van der Waals surface area contributed by atoms with Crippen LogP contribution in [-0.4, -0.2) is 40.7 Å². The van der Waals surface area contributed by atoms with Gasteiger partial charge >= 0.3 is 18.3 Å². The van der Waals surface area contributed by atoms with E-state index in [-0.39, 0.29) is 30.4 Å². The summed E-state index contributed by atoms with van der Waals surface area (Å²) in [5, 5.41) is 9.31. The highest BCUT2D eigenvalue weighted by Gasteiger charge is 2.52. The molecule has 3 nitrogen and oxygen atoms in total. The fourth-order valence-corrected chi connectivity index (χ4v) is 4.62. The van der Waals surface area contributed by atoms with Crippen LogP contribution >= 0.6 is 0 Å². The van der Waals surface area contributed by atoms with Gasteiger partial charge in [0.05, 0.1) is 17.9 Å². The van der Waals surface area contributed by atoms with Crippen molar-refractivity contribution < 1.29 is 45.0 Å². The van der Waals surface area contributed by atoms with Gasteiger partial charge in [0.25, 0.3) is 5.92 Å². The zero-order chi connectivity index (χ0) is 26.8. The second kappa shape index (κ2) is 10.6. The van der Waals surface area contributed by atoms with Gasteiger partial charge < -0.3 is 5.11 Å². The lowest BCUT2D eigenvalue weighted by atomic mass is 9.77. The fourth-order valence-electron chi connectivity index (χ4n) is 4.62. The number of hydrogen-bond donors (Lipinski definition) is 1. The largest absolute Gasteiger partial charge is 0.481 e. The van der Waals surface area contributed by atoms with E-state index < -0.39 is 67.1 Å². The van der Waals surface area contributed by atoms with E-state index in [1.807, 2.05) is 20.8 Å². The summed E-state index contributed by atoms with van der Waals surface area (Å²) in [5.74, 6) is -6.79. The predicted octanol–water partition coefficient (Wildman–Crippen LogP) is 7.72. The molecule has 2 rings (SSSR count). The van der Waals surface area contributed by atoms with Gasteiger partial charge in [-0.15, -0.1) is 0 Å². The Hall–Kier alpha value is -1.91. The molecule has 0 bridgehead atoms. The molecule has 1 aromatic carbocycles. The summed E-state index contributed by atoms with van der Waals surface area (Å²) in [6.07, 6.45) is -11.7. The lowest BCUT2D eigenvalue weighted by Gasteiger charge is -2.49. The molecule has 0 radical (unpaired) electrons. The zero-order valence-electron chi connectivity index (χ0n) is 19.8. The molecule has 0 saturated carbocycles. The van der Waals surface area contributed by atoms with Gasteiger partial charge in [0.1, 0.15) is 0 Å². The summed E-state index contributed by atoms with van der Waals surface area (Å²) < 4.78 is 108. The van der Waals surface area contributed by atoms with Crippen molar-refractivity contribution >= 4 is 5.97 Å². The van der Waals surface area contributed by atoms with Crippen molar-refractivity contribution in [2.45, 2.75) is 89.7 Å². The molecule has 11 heteroatoms. The monoisotopic (exact) mass is 517 g/mol. The lowest BCUT2D eigenvalue weighted by molar-refractivity contribution is -0.167. The molecule has 1 fully saturated rings. The van der Waals surface area contributed by atoms with Gasteiger partial charge in [-0.25, -0.2) is 8.78 Å². The van der Waals surface area contributed by atoms with Crippen molar-refractivity contribution in [2.24, 2.45) is 11.3 Å². The minimum atomic E-state index is -4.67. The van der Waals surface area contributed by atoms with Crippen LogP contribution in [0.25, 0.3) is 0 Å². The van der Waals surface area contributed by atoms with Crippen molar-refractivity contribution in [3.05, 3.63) is 35.4 Å². The average molecular weight is 518 g/mol. The van der Waals surface area contributed by atoms with E-state index >= 15 is 0 Å². The van der Waals surface area contributed by atoms with Gasteiger partial charge in [0.2, 0.25) is 0 Å². The average Bonchev–Trinajstić information content (AvgIpc) is 2.67. The lowest BCUT2D eigenvalue weighted by Crippen LogP contribution is -2.53. The van der Waals surface area contributed by atoms with Gasteiger partial charge in [-0.05, 0) is 42.4 Å². The van der Waals surface area contributed by atoms with E-state index in [4.69, 9.17) is 0 Å². The van der Waals surface area contributed by atoms with E-state index in [0.717, 1.165) is 24.3 Å². The van der Waals surface area contributed by atoms with Crippen LogP contribution in [0.4, 0.5) is 35.1 Å². The summed E-state index contributed by atoms with van der Waals surface area (Å²) in [6.45, 7) is 5.36. The van der Waals surface area contributed by atoms with Gasteiger partial charge in [0.15, 0.2) is 0 Å². The van der Waals surface area contributed by atoms with E-state index in [1.54, 1.807) is 0 Å². The van der Waals surface area contributed by atoms with Crippen LogP contribution in [0, 0.1) is 11.3 Å². The maximum absolute atomic E-state index is 15.0. The Bertz CT molecular complexity index is 825. The first-order valence-electron chi connectivity index (χ1n) is 11.4. The van der Waals surface area contributed by atoms with Crippen molar-refractivity contribution in [3.8, 4) is 0 Å². The second-order valence-electron chi connectivity index (χ2n) is 10.4. The van der Waals surface area contributed by atoms with Crippen LogP contribution in [0.5, 0.6) is 0 Å². The summed E-state index contributed by atoms with van der Waals surface area (Å²) >= 11 is 0. The molecule has 1 heterocycles. The Morgan fingerprint density at radius 1 is 1.03 bits per heavy atom. The summed E-state index contributed by atoms with van der Waals surface area (Å²) in [5.41, 5.74) is -1.25. The second-order valence-corrected chi connectivity index (χ2v) is 10.4. The van der Waals surface area contributed by atoms with Crippen LogP contribution in [0.3, 0.4) is 0 Å². The molecule has 1 aliphatic heterocycles. The highest BCUT2D eigenvalue weighted by molar-refractivity contribution is 5.67. The number of hydrogen-bond acceptors (Lipinski definition) is 2. The predicted molar refractivity (Wildman–Crippen MR) is 114 cm³/mol. The quantitative estimate of drug-likeness (QED) is 0.359. The van der Waals surface area contributed by atoms with Gasteiger partial charge in [-0.1, -0.05) is 32.9 Å². The summed E-state index contributed by atoms with van der Waals surface area (Å²) in [6, 6.07) is 1.31. The van der Waals surface area contributed by atoms with Crippen molar-refractivity contribution in [3.63, 3.8) is 0 Å². The number of alkyl halides is 8. The maximum atomic E-state index is 15.0. The molecule has 0 aliphatic carbocycles. The molecule has 0 aromatic heterocycles. The number of halogens is 8. The third-order valence-corrected chi connectivity index (χ3v) is 6.42. The van der Waals surface area contributed by atoms with Gasteiger partial charge in [0, 0.05) is 31.5 Å². The SMILES string of the molecule is CC(C)(C)CCC(CCC(F)(F)F)N1CCC(F)(F)C(CC(=O)O)C1c1ccc(C(F)(F)F)cc1. The molecule has 1 aromatic rings. The molecule has 200 valence electrons. The minimum Gasteiger partial charge on any atom is -0.481 e. The number of carboxylic acid groups (broad SMARTS) is 1. The number of carbonyl (C=O) groups is 1. The molecule has 1 aliphatic rings. The van der Waals surface area contributed by atoms with E-state index in [2.05, 4.69) is 0 Å². The highest BCUT2D eigenvalue weighted by atomic mass is 19.4. The number of likely N-dealkylation sites (tertiary alicyclic amines) is 1. The molecule has 3 unspecified atom stereocenters. The van der Waals surface area contributed by atoms with E-state index in [1.165, 1.54) is 4.90 Å². The molecule has 1 N–H and O–H groups in total. The van der Waals surface area contributed by atoms with Gasteiger partial charge in [-0.3, -0.25) is 9.69 Å². The van der Waals surface area contributed by atoms with E-state index in [9.17, 15) is 45.0 Å². The number of nitrogens with zero attached hydrogens (tertiary/aromatic N) is 1.